The zero-order valence-corrected chi connectivity index (χ0v) is 13.2. The van der Waals surface area contributed by atoms with E-state index in [-0.39, 0.29) is 11.9 Å². The van der Waals surface area contributed by atoms with Crippen molar-refractivity contribution in [2.45, 2.75) is 51.2 Å². The Labute approximate surface area is 127 Å². The van der Waals surface area contributed by atoms with Crippen LogP contribution in [-0.4, -0.2) is 41.1 Å². The van der Waals surface area contributed by atoms with Gasteiger partial charge in [0.1, 0.15) is 0 Å². The minimum absolute atomic E-state index is 0.0425. The van der Waals surface area contributed by atoms with Crippen LogP contribution in [0.3, 0.4) is 0 Å². The molecule has 2 rings (SSSR count). The molecule has 1 aliphatic carbocycles. The SMILES string of the molecule is CC(C)Nc1ccccc1C(=O)N(C)CC1(O)CCCC1. The van der Waals surface area contributed by atoms with Crippen molar-refractivity contribution in [3.63, 3.8) is 0 Å². The highest BCUT2D eigenvalue weighted by Gasteiger charge is 2.33. The van der Waals surface area contributed by atoms with Gasteiger partial charge in [-0.3, -0.25) is 4.79 Å². The van der Waals surface area contributed by atoms with Gasteiger partial charge in [-0.05, 0) is 38.8 Å². The van der Waals surface area contributed by atoms with Crippen LogP contribution < -0.4 is 5.32 Å². The maximum absolute atomic E-state index is 12.7. The first-order chi connectivity index (χ1) is 9.91. The van der Waals surface area contributed by atoms with Gasteiger partial charge in [0.25, 0.3) is 5.91 Å². The Hall–Kier alpha value is -1.55. The second-order valence-corrected chi connectivity index (χ2v) is 6.44. The van der Waals surface area contributed by atoms with E-state index < -0.39 is 5.60 Å². The van der Waals surface area contributed by atoms with Crippen molar-refractivity contribution in [2.75, 3.05) is 18.9 Å². The first-order valence-corrected chi connectivity index (χ1v) is 7.75. The van der Waals surface area contributed by atoms with Gasteiger partial charge >= 0.3 is 0 Å². The zero-order chi connectivity index (χ0) is 15.5. The van der Waals surface area contributed by atoms with Crippen molar-refractivity contribution in [3.05, 3.63) is 29.8 Å². The van der Waals surface area contributed by atoms with E-state index in [1.807, 2.05) is 38.1 Å². The monoisotopic (exact) mass is 290 g/mol. The molecule has 0 atom stereocenters. The summed E-state index contributed by atoms with van der Waals surface area (Å²) in [7, 11) is 1.77. The van der Waals surface area contributed by atoms with Gasteiger partial charge in [0.2, 0.25) is 0 Å². The fourth-order valence-corrected chi connectivity index (χ4v) is 3.02. The van der Waals surface area contributed by atoms with E-state index >= 15 is 0 Å². The zero-order valence-electron chi connectivity index (χ0n) is 13.2. The molecule has 4 nitrogen and oxygen atoms in total. The molecular formula is C17H26N2O2. The second kappa shape index (κ2) is 6.48. The number of aliphatic hydroxyl groups is 1. The summed E-state index contributed by atoms with van der Waals surface area (Å²) in [4.78, 5) is 14.3. The Morgan fingerprint density at radius 1 is 1.33 bits per heavy atom. The minimum Gasteiger partial charge on any atom is -0.388 e. The molecule has 116 valence electrons. The lowest BCUT2D eigenvalue weighted by molar-refractivity contribution is 0.0157. The Kier molecular flexibility index (Phi) is 4.88. The van der Waals surface area contributed by atoms with E-state index in [9.17, 15) is 9.90 Å². The van der Waals surface area contributed by atoms with Crippen LogP contribution in [-0.2, 0) is 0 Å². The first-order valence-electron chi connectivity index (χ1n) is 7.75. The van der Waals surface area contributed by atoms with Gasteiger partial charge in [0.05, 0.1) is 11.2 Å². The van der Waals surface area contributed by atoms with E-state index in [4.69, 9.17) is 0 Å². The number of carbonyl (C=O) groups excluding carboxylic acids is 1. The summed E-state index contributed by atoms with van der Waals surface area (Å²) in [6.45, 7) is 4.50. The standard InChI is InChI=1S/C17H26N2O2/c1-13(2)18-15-9-5-4-8-14(15)16(20)19(3)12-17(21)10-6-7-11-17/h4-5,8-9,13,18,21H,6-7,10-12H2,1-3H3. The molecule has 21 heavy (non-hydrogen) atoms. The van der Waals surface area contributed by atoms with Crippen molar-refractivity contribution in [1.29, 1.82) is 0 Å². The molecule has 0 aromatic heterocycles. The maximum Gasteiger partial charge on any atom is 0.255 e. The van der Waals surface area contributed by atoms with Gasteiger partial charge in [0.15, 0.2) is 0 Å². The van der Waals surface area contributed by atoms with Crippen molar-refractivity contribution >= 4 is 11.6 Å². The molecule has 1 fully saturated rings. The molecule has 0 radical (unpaired) electrons. The summed E-state index contributed by atoms with van der Waals surface area (Å²) in [5.74, 6) is -0.0425. The van der Waals surface area contributed by atoms with Crippen molar-refractivity contribution in [1.82, 2.24) is 4.90 Å². The number of para-hydroxylation sites is 1. The lowest BCUT2D eigenvalue weighted by Gasteiger charge is -2.29. The van der Waals surface area contributed by atoms with Crippen LogP contribution in [0, 0.1) is 0 Å². The minimum atomic E-state index is -0.704. The second-order valence-electron chi connectivity index (χ2n) is 6.44. The van der Waals surface area contributed by atoms with E-state index in [0.29, 0.717) is 12.1 Å². The predicted molar refractivity (Wildman–Crippen MR) is 85.6 cm³/mol. The van der Waals surface area contributed by atoms with E-state index in [2.05, 4.69) is 5.32 Å². The first kappa shape index (κ1) is 15.8. The van der Waals surface area contributed by atoms with Crippen molar-refractivity contribution in [3.8, 4) is 0 Å². The van der Waals surface area contributed by atoms with Gasteiger partial charge in [-0.2, -0.15) is 0 Å². The molecule has 0 bridgehead atoms. The highest BCUT2D eigenvalue weighted by atomic mass is 16.3. The average Bonchev–Trinajstić information content (AvgIpc) is 2.84. The number of amides is 1. The lowest BCUT2D eigenvalue weighted by atomic mass is 10.0. The summed E-state index contributed by atoms with van der Waals surface area (Å²) >= 11 is 0. The number of anilines is 1. The van der Waals surface area contributed by atoms with Crippen LogP contribution in [0.1, 0.15) is 49.9 Å². The molecule has 0 spiro atoms. The molecule has 0 heterocycles. The van der Waals surface area contributed by atoms with E-state index in [1.165, 1.54) is 0 Å². The molecule has 1 saturated carbocycles. The van der Waals surface area contributed by atoms with Gasteiger partial charge in [-0.15, -0.1) is 0 Å². The third-order valence-corrected chi connectivity index (χ3v) is 4.01. The molecule has 0 unspecified atom stereocenters. The predicted octanol–water partition coefficient (Wildman–Crippen LogP) is 2.88. The van der Waals surface area contributed by atoms with Gasteiger partial charge in [-0.25, -0.2) is 0 Å². The number of hydrogen-bond donors (Lipinski definition) is 2. The molecule has 1 amide bonds. The van der Waals surface area contributed by atoms with Crippen LogP contribution in [0.15, 0.2) is 24.3 Å². The molecular weight excluding hydrogens is 264 g/mol. The highest BCUT2D eigenvalue weighted by Crippen LogP contribution is 2.30. The summed E-state index contributed by atoms with van der Waals surface area (Å²) in [6.07, 6.45) is 3.67. The fourth-order valence-electron chi connectivity index (χ4n) is 3.02. The van der Waals surface area contributed by atoms with Crippen LogP contribution in [0.2, 0.25) is 0 Å². The molecule has 1 aliphatic rings. The Balaban J connectivity index is 2.12. The third-order valence-electron chi connectivity index (χ3n) is 4.01. The molecule has 0 aliphatic heterocycles. The number of likely N-dealkylation sites (N-methyl/N-ethyl adjacent to an activating group) is 1. The fraction of sp³-hybridized carbons (Fsp3) is 0.588. The van der Waals surface area contributed by atoms with Gasteiger partial charge < -0.3 is 15.3 Å². The van der Waals surface area contributed by atoms with Gasteiger partial charge in [0, 0.05) is 25.3 Å². The summed E-state index contributed by atoms with van der Waals surface area (Å²) in [5.41, 5.74) is 0.809. The molecule has 4 heteroatoms. The van der Waals surface area contributed by atoms with Crippen LogP contribution in [0.5, 0.6) is 0 Å². The largest absolute Gasteiger partial charge is 0.388 e. The Morgan fingerprint density at radius 2 is 1.95 bits per heavy atom. The van der Waals surface area contributed by atoms with Crippen molar-refractivity contribution < 1.29 is 9.90 Å². The topological polar surface area (TPSA) is 52.6 Å². The Bertz CT molecular complexity index is 493. The van der Waals surface area contributed by atoms with E-state index in [0.717, 1.165) is 31.4 Å². The number of rotatable bonds is 5. The number of carbonyl (C=O) groups is 1. The lowest BCUT2D eigenvalue weighted by Crippen LogP contribution is -2.42. The van der Waals surface area contributed by atoms with Crippen LogP contribution >= 0.6 is 0 Å². The van der Waals surface area contributed by atoms with Gasteiger partial charge in [-0.1, -0.05) is 25.0 Å². The van der Waals surface area contributed by atoms with Crippen molar-refractivity contribution in [2.24, 2.45) is 0 Å². The van der Waals surface area contributed by atoms with Crippen LogP contribution in [0.25, 0.3) is 0 Å². The molecule has 0 saturated heterocycles. The summed E-state index contributed by atoms with van der Waals surface area (Å²) in [6, 6.07) is 7.82. The van der Waals surface area contributed by atoms with Crippen LogP contribution in [0.4, 0.5) is 5.69 Å². The van der Waals surface area contributed by atoms with E-state index in [1.54, 1.807) is 11.9 Å². The summed E-state index contributed by atoms with van der Waals surface area (Å²) in [5, 5.41) is 13.8. The molecule has 1 aromatic carbocycles. The average molecular weight is 290 g/mol. The summed E-state index contributed by atoms with van der Waals surface area (Å²) < 4.78 is 0. The number of nitrogens with one attached hydrogen (secondary N) is 1. The molecule has 1 aromatic rings. The smallest absolute Gasteiger partial charge is 0.255 e. The number of benzene rings is 1. The Morgan fingerprint density at radius 3 is 2.57 bits per heavy atom. The maximum atomic E-state index is 12.7. The third kappa shape index (κ3) is 3.97. The molecule has 2 N–H and O–H groups in total. The number of hydrogen-bond acceptors (Lipinski definition) is 3. The highest BCUT2D eigenvalue weighted by molar-refractivity contribution is 5.99. The number of nitrogens with zero attached hydrogens (tertiary/aromatic N) is 1. The normalized spacial score (nSPS) is 17.0. The quantitative estimate of drug-likeness (QED) is 0.876.